The molecular formula is C21H19F2N5O2. The van der Waals surface area contributed by atoms with E-state index in [2.05, 4.69) is 10.1 Å². The molecule has 1 fully saturated rings. The van der Waals surface area contributed by atoms with Gasteiger partial charge in [0, 0.05) is 23.7 Å². The van der Waals surface area contributed by atoms with Crippen LogP contribution in [0.25, 0.3) is 11.3 Å². The lowest BCUT2D eigenvalue weighted by Crippen LogP contribution is -2.33. The maximum atomic E-state index is 14.1. The van der Waals surface area contributed by atoms with Crippen LogP contribution in [0, 0.1) is 11.6 Å². The van der Waals surface area contributed by atoms with Gasteiger partial charge in [-0.25, -0.2) is 8.78 Å². The number of rotatable bonds is 4. The van der Waals surface area contributed by atoms with Crippen LogP contribution in [0.15, 0.2) is 36.5 Å². The lowest BCUT2D eigenvalue weighted by atomic mass is 10.1. The number of pyridine rings is 1. The first kappa shape index (κ1) is 18.7. The fourth-order valence-electron chi connectivity index (χ4n) is 3.78. The zero-order valence-electron chi connectivity index (χ0n) is 16.0. The van der Waals surface area contributed by atoms with Crippen molar-refractivity contribution < 1.29 is 18.3 Å². The second-order valence-electron chi connectivity index (χ2n) is 7.54. The van der Waals surface area contributed by atoms with Crippen molar-refractivity contribution in [3.8, 4) is 11.3 Å². The molecule has 0 unspecified atom stereocenters. The molecule has 0 saturated carbocycles. The van der Waals surface area contributed by atoms with E-state index in [1.165, 1.54) is 12.1 Å². The number of benzene rings is 1. The molecule has 0 radical (unpaired) electrons. The van der Waals surface area contributed by atoms with Crippen LogP contribution < -0.4 is 5.73 Å². The van der Waals surface area contributed by atoms with Gasteiger partial charge in [0.1, 0.15) is 11.6 Å². The topological polar surface area (TPSA) is 86.3 Å². The molecule has 0 spiro atoms. The van der Waals surface area contributed by atoms with Crippen molar-refractivity contribution in [1.29, 1.82) is 0 Å². The molecule has 154 valence electrons. The summed E-state index contributed by atoms with van der Waals surface area (Å²) in [6.45, 7) is 2.22. The van der Waals surface area contributed by atoms with Crippen LogP contribution in [-0.2, 0) is 29.0 Å². The average Bonchev–Trinajstić information content (AvgIpc) is 3.25. The summed E-state index contributed by atoms with van der Waals surface area (Å²) in [6.07, 6.45) is 1.79. The molecule has 3 aromatic rings. The number of anilines is 1. The first-order valence-corrected chi connectivity index (χ1v) is 9.61. The third-order valence-electron chi connectivity index (χ3n) is 5.54. The Labute approximate surface area is 171 Å². The van der Waals surface area contributed by atoms with E-state index in [9.17, 15) is 13.6 Å². The van der Waals surface area contributed by atoms with Crippen LogP contribution in [0.1, 0.15) is 23.0 Å². The summed E-state index contributed by atoms with van der Waals surface area (Å²) in [5.74, 6) is -1.51. The predicted octanol–water partition coefficient (Wildman–Crippen LogP) is 2.46. The van der Waals surface area contributed by atoms with Crippen LogP contribution in [0.5, 0.6) is 0 Å². The number of aromatic nitrogens is 3. The second-order valence-corrected chi connectivity index (χ2v) is 7.54. The molecule has 0 aliphatic carbocycles. The van der Waals surface area contributed by atoms with Gasteiger partial charge in [0.2, 0.25) is 5.91 Å². The van der Waals surface area contributed by atoms with E-state index >= 15 is 0 Å². The minimum Gasteiger partial charge on any atom is -0.397 e. The molecule has 9 heteroatoms. The monoisotopic (exact) mass is 411 g/mol. The van der Waals surface area contributed by atoms with Crippen LogP contribution in [-0.4, -0.2) is 38.8 Å². The highest BCUT2D eigenvalue weighted by atomic mass is 19.1. The van der Waals surface area contributed by atoms with Crippen molar-refractivity contribution in [2.45, 2.75) is 25.6 Å². The summed E-state index contributed by atoms with van der Waals surface area (Å²) in [4.78, 5) is 19.0. The van der Waals surface area contributed by atoms with Crippen molar-refractivity contribution >= 4 is 11.6 Å². The number of halogens is 2. The number of nitrogens with zero attached hydrogens (tertiary/aromatic N) is 4. The van der Waals surface area contributed by atoms with Crippen LogP contribution >= 0.6 is 0 Å². The SMILES string of the molecule is Nc1ccc(-c2ccc(F)cc2F)nc1CC(=O)N1Cc2cnn(C3COC3)c2C1. The number of amides is 1. The highest BCUT2D eigenvalue weighted by Gasteiger charge is 2.32. The Hall–Kier alpha value is -3.33. The van der Waals surface area contributed by atoms with E-state index in [1.807, 2.05) is 4.68 Å². The highest BCUT2D eigenvalue weighted by Crippen LogP contribution is 2.29. The number of carbonyl (C=O) groups excluding carboxylic acids is 1. The van der Waals surface area contributed by atoms with Gasteiger partial charge < -0.3 is 15.4 Å². The first-order valence-electron chi connectivity index (χ1n) is 9.61. The molecule has 1 saturated heterocycles. The summed E-state index contributed by atoms with van der Waals surface area (Å²) in [7, 11) is 0. The molecule has 2 N–H and O–H groups in total. The number of carbonyl (C=O) groups is 1. The fourth-order valence-corrected chi connectivity index (χ4v) is 3.78. The number of hydrogen-bond acceptors (Lipinski definition) is 5. The van der Waals surface area contributed by atoms with E-state index in [-0.39, 0.29) is 23.9 Å². The highest BCUT2D eigenvalue weighted by molar-refractivity contribution is 5.80. The van der Waals surface area contributed by atoms with Crippen molar-refractivity contribution in [3.63, 3.8) is 0 Å². The third-order valence-corrected chi connectivity index (χ3v) is 5.54. The zero-order chi connectivity index (χ0) is 20.8. The van der Waals surface area contributed by atoms with E-state index in [0.717, 1.165) is 17.3 Å². The van der Waals surface area contributed by atoms with Gasteiger partial charge in [0.05, 0.1) is 61.2 Å². The summed E-state index contributed by atoms with van der Waals surface area (Å²) < 4.78 is 34.5. The average molecular weight is 411 g/mol. The first-order chi connectivity index (χ1) is 14.5. The Balaban J connectivity index is 1.34. The molecule has 4 heterocycles. The van der Waals surface area contributed by atoms with Crippen molar-refractivity contribution in [1.82, 2.24) is 19.7 Å². The van der Waals surface area contributed by atoms with Gasteiger partial charge in [0.15, 0.2) is 0 Å². The number of nitrogens with two attached hydrogens (primary N) is 1. The molecule has 2 aliphatic heterocycles. The maximum Gasteiger partial charge on any atom is 0.229 e. The Morgan fingerprint density at radius 1 is 1.20 bits per heavy atom. The van der Waals surface area contributed by atoms with Crippen molar-refractivity contribution in [2.75, 3.05) is 18.9 Å². The standard InChI is InChI=1S/C21H19F2N5O2/c22-13-1-2-15(16(23)5-13)18-4-3-17(24)19(26-18)6-21(29)27-8-12-7-25-28(20(12)9-27)14-10-30-11-14/h1-5,7,14H,6,8-11,24H2. The quantitative estimate of drug-likeness (QED) is 0.713. The van der Waals surface area contributed by atoms with Gasteiger partial charge in [-0.1, -0.05) is 0 Å². The molecular weight excluding hydrogens is 392 g/mol. The van der Waals surface area contributed by atoms with E-state index in [1.54, 1.807) is 23.2 Å². The molecule has 0 bridgehead atoms. The Bertz CT molecular complexity index is 1140. The summed E-state index contributed by atoms with van der Waals surface area (Å²) in [5.41, 5.74) is 9.24. The molecule has 2 aromatic heterocycles. The van der Waals surface area contributed by atoms with Crippen LogP contribution in [0.2, 0.25) is 0 Å². The Kier molecular flexibility index (Phi) is 4.47. The molecule has 1 aromatic carbocycles. The summed E-state index contributed by atoms with van der Waals surface area (Å²) in [6, 6.07) is 6.65. The van der Waals surface area contributed by atoms with Crippen molar-refractivity contribution in [2.24, 2.45) is 0 Å². The minimum atomic E-state index is -0.718. The van der Waals surface area contributed by atoms with Gasteiger partial charge in [-0.05, 0) is 24.3 Å². The molecule has 30 heavy (non-hydrogen) atoms. The largest absolute Gasteiger partial charge is 0.397 e. The zero-order valence-corrected chi connectivity index (χ0v) is 16.0. The molecule has 0 atom stereocenters. The van der Waals surface area contributed by atoms with Crippen LogP contribution in [0.3, 0.4) is 0 Å². The number of fused-ring (bicyclic) bond motifs is 1. The van der Waals surface area contributed by atoms with Gasteiger partial charge in [-0.15, -0.1) is 0 Å². The van der Waals surface area contributed by atoms with Crippen LogP contribution in [0.4, 0.5) is 14.5 Å². The molecule has 7 nitrogen and oxygen atoms in total. The smallest absolute Gasteiger partial charge is 0.229 e. The fraction of sp³-hybridized carbons (Fsp3) is 0.286. The molecule has 5 rings (SSSR count). The van der Waals surface area contributed by atoms with Gasteiger partial charge in [-0.2, -0.15) is 5.10 Å². The summed E-state index contributed by atoms with van der Waals surface area (Å²) in [5, 5.41) is 4.42. The van der Waals surface area contributed by atoms with E-state index in [0.29, 0.717) is 43.4 Å². The lowest BCUT2D eigenvalue weighted by molar-refractivity contribution is -0.131. The van der Waals surface area contributed by atoms with Gasteiger partial charge >= 0.3 is 0 Å². The predicted molar refractivity (Wildman–Crippen MR) is 104 cm³/mol. The van der Waals surface area contributed by atoms with Crippen molar-refractivity contribution in [3.05, 3.63) is 65.1 Å². The van der Waals surface area contributed by atoms with Gasteiger partial charge in [0.25, 0.3) is 0 Å². The number of hydrogen-bond donors (Lipinski definition) is 1. The minimum absolute atomic E-state index is 0.00721. The Morgan fingerprint density at radius 3 is 2.77 bits per heavy atom. The van der Waals surface area contributed by atoms with E-state index < -0.39 is 11.6 Å². The van der Waals surface area contributed by atoms with Gasteiger partial charge in [-0.3, -0.25) is 14.5 Å². The second kappa shape index (κ2) is 7.17. The van der Waals surface area contributed by atoms with E-state index in [4.69, 9.17) is 10.5 Å². The normalized spacial score (nSPS) is 15.9. The lowest BCUT2D eigenvalue weighted by Gasteiger charge is -2.28. The Morgan fingerprint density at radius 2 is 2.03 bits per heavy atom. The summed E-state index contributed by atoms with van der Waals surface area (Å²) >= 11 is 0. The third kappa shape index (κ3) is 3.21. The number of nitrogen functional groups attached to an aromatic ring is 1. The molecule has 1 amide bonds. The number of ether oxygens (including phenoxy) is 1. The maximum absolute atomic E-state index is 14.1. The molecule has 2 aliphatic rings.